The molecule has 0 aliphatic rings. The summed E-state index contributed by atoms with van der Waals surface area (Å²) in [6, 6.07) is 15.1. The van der Waals surface area contributed by atoms with Gasteiger partial charge in [0.25, 0.3) is 5.91 Å². The van der Waals surface area contributed by atoms with E-state index in [0.29, 0.717) is 11.5 Å². The number of hydrogen-bond acceptors (Lipinski definition) is 5. The Morgan fingerprint density at radius 1 is 1.04 bits per heavy atom. The normalized spacial score (nSPS) is 10.5. The maximum atomic E-state index is 12.7. The van der Waals surface area contributed by atoms with Crippen LogP contribution in [0.3, 0.4) is 0 Å². The van der Waals surface area contributed by atoms with Crippen LogP contribution in [0.1, 0.15) is 21.5 Å². The zero-order valence-electron chi connectivity index (χ0n) is 12.9. The predicted molar refractivity (Wildman–Crippen MR) is 89.8 cm³/mol. The number of carbonyl (C=O) groups excluding carboxylic acids is 1. The number of benzene rings is 2. The second kappa shape index (κ2) is 5.92. The summed E-state index contributed by atoms with van der Waals surface area (Å²) in [5, 5.41) is 7.15. The summed E-state index contributed by atoms with van der Waals surface area (Å²) < 4.78 is 1.20. The van der Waals surface area contributed by atoms with Gasteiger partial charge >= 0.3 is 0 Å². The number of nitrogen functional groups attached to an aromatic ring is 1. The van der Waals surface area contributed by atoms with Gasteiger partial charge in [-0.2, -0.15) is 9.67 Å². The standard InChI is InChI=1S/C17H17N5O/c1-11-7-3-5-9-13(11)15(23)22-17(20-16(18)21-22)19-14-10-6-4-8-12(14)2/h3-10H,1-2H3,(H3,18,19,20,21). The van der Waals surface area contributed by atoms with Crippen molar-refractivity contribution in [2.45, 2.75) is 13.8 Å². The summed E-state index contributed by atoms with van der Waals surface area (Å²) in [6.45, 7) is 3.84. The maximum absolute atomic E-state index is 12.7. The predicted octanol–water partition coefficient (Wildman–Crippen LogP) is 2.91. The molecule has 0 saturated carbocycles. The Morgan fingerprint density at radius 2 is 1.70 bits per heavy atom. The van der Waals surface area contributed by atoms with Crippen LogP contribution in [0.25, 0.3) is 0 Å². The number of nitrogens with zero attached hydrogens (tertiary/aromatic N) is 3. The summed E-state index contributed by atoms with van der Waals surface area (Å²) in [6.07, 6.45) is 0. The zero-order chi connectivity index (χ0) is 16.4. The van der Waals surface area contributed by atoms with Crippen molar-refractivity contribution >= 4 is 23.5 Å². The van der Waals surface area contributed by atoms with E-state index in [1.165, 1.54) is 4.68 Å². The molecule has 6 heteroatoms. The highest BCUT2D eigenvalue weighted by atomic mass is 16.2. The molecule has 116 valence electrons. The maximum Gasteiger partial charge on any atom is 0.281 e. The lowest BCUT2D eigenvalue weighted by Gasteiger charge is -2.10. The molecule has 0 amide bonds. The summed E-state index contributed by atoms with van der Waals surface area (Å²) in [4.78, 5) is 16.9. The number of anilines is 3. The lowest BCUT2D eigenvalue weighted by atomic mass is 10.1. The summed E-state index contributed by atoms with van der Waals surface area (Å²) in [5.74, 6) is 0.0662. The number of rotatable bonds is 3. The van der Waals surface area contributed by atoms with Gasteiger partial charge in [0, 0.05) is 11.3 Å². The van der Waals surface area contributed by atoms with Crippen LogP contribution >= 0.6 is 0 Å². The number of nitrogens with one attached hydrogen (secondary N) is 1. The molecule has 6 nitrogen and oxygen atoms in total. The Morgan fingerprint density at radius 3 is 2.39 bits per heavy atom. The quantitative estimate of drug-likeness (QED) is 0.777. The molecule has 1 heterocycles. The second-order valence-corrected chi connectivity index (χ2v) is 5.27. The van der Waals surface area contributed by atoms with E-state index in [0.717, 1.165) is 16.8 Å². The lowest BCUT2D eigenvalue weighted by molar-refractivity contribution is 0.0947. The first-order valence-corrected chi connectivity index (χ1v) is 7.22. The SMILES string of the molecule is Cc1ccccc1Nc1nc(N)nn1C(=O)c1ccccc1C. The van der Waals surface area contributed by atoms with E-state index in [4.69, 9.17) is 5.73 Å². The third kappa shape index (κ3) is 2.91. The number of nitrogens with two attached hydrogens (primary N) is 1. The van der Waals surface area contributed by atoms with E-state index in [9.17, 15) is 4.79 Å². The molecule has 0 bridgehead atoms. The van der Waals surface area contributed by atoms with Gasteiger partial charge in [-0.05, 0) is 37.1 Å². The fourth-order valence-electron chi connectivity index (χ4n) is 2.31. The van der Waals surface area contributed by atoms with E-state index >= 15 is 0 Å². The Kier molecular flexibility index (Phi) is 3.80. The van der Waals surface area contributed by atoms with Gasteiger partial charge in [-0.3, -0.25) is 4.79 Å². The lowest BCUT2D eigenvalue weighted by Crippen LogP contribution is -2.17. The third-order valence-corrected chi connectivity index (χ3v) is 3.58. The molecule has 3 rings (SSSR count). The van der Waals surface area contributed by atoms with Gasteiger partial charge in [-0.15, -0.1) is 5.10 Å². The van der Waals surface area contributed by atoms with Crippen LogP contribution in [-0.4, -0.2) is 20.7 Å². The second-order valence-electron chi connectivity index (χ2n) is 5.27. The van der Waals surface area contributed by atoms with Gasteiger partial charge in [0.2, 0.25) is 11.9 Å². The highest BCUT2D eigenvalue weighted by Crippen LogP contribution is 2.20. The third-order valence-electron chi connectivity index (χ3n) is 3.58. The van der Waals surface area contributed by atoms with Crippen molar-refractivity contribution in [3.05, 3.63) is 65.2 Å². The first-order chi connectivity index (χ1) is 11.1. The van der Waals surface area contributed by atoms with E-state index in [1.807, 2.05) is 56.3 Å². The van der Waals surface area contributed by atoms with Crippen molar-refractivity contribution in [3.63, 3.8) is 0 Å². The van der Waals surface area contributed by atoms with E-state index < -0.39 is 0 Å². The minimum atomic E-state index is -0.275. The van der Waals surface area contributed by atoms with Crippen LogP contribution in [0.2, 0.25) is 0 Å². The molecule has 0 aliphatic heterocycles. The van der Waals surface area contributed by atoms with Gasteiger partial charge in [-0.25, -0.2) is 0 Å². The molecule has 0 aliphatic carbocycles. The van der Waals surface area contributed by atoms with Crippen molar-refractivity contribution in [1.82, 2.24) is 14.8 Å². The molecular weight excluding hydrogens is 290 g/mol. The molecule has 2 aromatic carbocycles. The fourth-order valence-corrected chi connectivity index (χ4v) is 2.31. The van der Waals surface area contributed by atoms with Crippen molar-refractivity contribution in [1.29, 1.82) is 0 Å². The van der Waals surface area contributed by atoms with Crippen molar-refractivity contribution in [2.24, 2.45) is 0 Å². The topological polar surface area (TPSA) is 85.8 Å². The van der Waals surface area contributed by atoms with Crippen LogP contribution in [0.4, 0.5) is 17.6 Å². The zero-order valence-corrected chi connectivity index (χ0v) is 12.9. The molecule has 0 unspecified atom stereocenters. The smallest absolute Gasteiger partial charge is 0.281 e. The van der Waals surface area contributed by atoms with Crippen molar-refractivity contribution in [3.8, 4) is 0 Å². The molecule has 0 fully saturated rings. The first-order valence-electron chi connectivity index (χ1n) is 7.22. The van der Waals surface area contributed by atoms with Gasteiger partial charge in [0.05, 0.1) is 0 Å². The Balaban J connectivity index is 2.00. The number of carbonyl (C=O) groups is 1. The van der Waals surface area contributed by atoms with E-state index in [2.05, 4.69) is 15.4 Å². The molecule has 1 aromatic heterocycles. The van der Waals surface area contributed by atoms with Crippen LogP contribution in [0.5, 0.6) is 0 Å². The minimum absolute atomic E-state index is 0.0445. The van der Waals surface area contributed by atoms with Gasteiger partial charge < -0.3 is 11.1 Å². The molecule has 0 atom stereocenters. The molecule has 0 saturated heterocycles. The molecule has 0 spiro atoms. The fraction of sp³-hybridized carbons (Fsp3) is 0.118. The highest BCUT2D eigenvalue weighted by Gasteiger charge is 2.18. The Bertz CT molecular complexity index is 869. The number of aryl methyl sites for hydroxylation is 2. The summed E-state index contributed by atoms with van der Waals surface area (Å²) in [5.41, 5.74) is 9.00. The monoisotopic (exact) mass is 307 g/mol. The highest BCUT2D eigenvalue weighted by molar-refractivity contribution is 5.98. The van der Waals surface area contributed by atoms with Crippen molar-refractivity contribution < 1.29 is 4.79 Å². The van der Waals surface area contributed by atoms with Crippen LogP contribution in [0, 0.1) is 13.8 Å². The van der Waals surface area contributed by atoms with E-state index in [1.54, 1.807) is 6.07 Å². The molecule has 23 heavy (non-hydrogen) atoms. The van der Waals surface area contributed by atoms with Gasteiger partial charge in [0.1, 0.15) is 0 Å². The molecule has 3 N–H and O–H groups in total. The molecule has 0 radical (unpaired) electrons. The number of hydrogen-bond donors (Lipinski definition) is 2. The van der Waals surface area contributed by atoms with Crippen LogP contribution in [0.15, 0.2) is 48.5 Å². The minimum Gasteiger partial charge on any atom is -0.366 e. The molecule has 3 aromatic rings. The number of para-hydroxylation sites is 1. The first kappa shape index (κ1) is 14.8. The average Bonchev–Trinajstić information content (AvgIpc) is 2.90. The Labute approximate surface area is 134 Å². The van der Waals surface area contributed by atoms with Gasteiger partial charge in [-0.1, -0.05) is 36.4 Å². The van der Waals surface area contributed by atoms with Crippen LogP contribution < -0.4 is 11.1 Å². The van der Waals surface area contributed by atoms with Crippen molar-refractivity contribution in [2.75, 3.05) is 11.1 Å². The van der Waals surface area contributed by atoms with E-state index in [-0.39, 0.29) is 11.9 Å². The summed E-state index contributed by atoms with van der Waals surface area (Å²) >= 11 is 0. The largest absolute Gasteiger partial charge is 0.366 e. The summed E-state index contributed by atoms with van der Waals surface area (Å²) in [7, 11) is 0. The van der Waals surface area contributed by atoms with Crippen LogP contribution in [-0.2, 0) is 0 Å². The van der Waals surface area contributed by atoms with Gasteiger partial charge in [0.15, 0.2) is 0 Å². The Hall–Kier alpha value is -3.15. The molecular formula is C17H17N5O. The number of aromatic nitrogens is 3. The average molecular weight is 307 g/mol.